The van der Waals surface area contributed by atoms with Gasteiger partial charge in [-0.3, -0.25) is 4.57 Å². The summed E-state index contributed by atoms with van der Waals surface area (Å²) in [6, 6.07) is 0. The van der Waals surface area contributed by atoms with Gasteiger partial charge in [0.25, 0.3) is 0 Å². The second kappa shape index (κ2) is 10.2. The summed E-state index contributed by atoms with van der Waals surface area (Å²) in [6.07, 6.45) is 1.10. The molecule has 0 amide bonds. The summed E-state index contributed by atoms with van der Waals surface area (Å²) in [6.45, 7) is 2.88. The Balaban J connectivity index is 0. The van der Waals surface area contributed by atoms with Crippen molar-refractivity contribution in [3.05, 3.63) is 0 Å². The monoisotopic (exact) mass is 141 g/mol. The van der Waals surface area contributed by atoms with Crippen LogP contribution in [0.2, 0.25) is 0 Å². The highest BCUT2D eigenvalue weighted by atomic mass is 31.1. The van der Waals surface area contributed by atoms with Crippen LogP contribution < -0.4 is 5.73 Å². The van der Waals surface area contributed by atoms with Crippen molar-refractivity contribution in [3.8, 4) is 0 Å². The summed E-state index contributed by atoms with van der Waals surface area (Å²) in [5.41, 5.74) is 5.03. The van der Waals surface area contributed by atoms with E-state index in [0.29, 0.717) is 0 Å². The Labute approximate surface area is 49.3 Å². The molecule has 0 heterocycles. The fourth-order valence-electron chi connectivity index (χ4n) is 0. The quantitative estimate of drug-likeness (QED) is 0.438. The lowest BCUT2D eigenvalue weighted by atomic mass is 10.5. The van der Waals surface area contributed by atoms with Crippen molar-refractivity contribution in [2.45, 2.75) is 13.3 Å². The van der Waals surface area contributed by atoms with Crippen LogP contribution in [0.3, 0.4) is 0 Å². The molecule has 0 bridgehead atoms. The molecule has 0 saturated heterocycles. The molecule has 4 nitrogen and oxygen atoms in total. The molecule has 52 valence electrons. The highest BCUT2D eigenvalue weighted by Gasteiger charge is 1.61. The number of hydrogen-bond donors (Lipinski definition) is 3. The van der Waals surface area contributed by atoms with Gasteiger partial charge < -0.3 is 15.5 Å². The van der Waals surface area contributed by atoms with Crippen molar-refractivity contribution in [2.75, 3.05) is 6.54 Å². The minimum absolute atomic E-state index is 0.819. The normalized spacial score (nSPS) is 8.12. The first-order valence-corrected chi connectivity index (χ1v) is 3.57. The van der Waals surface area contributed by atoms with Gasteiger partial charge in [0, 0.05) is 0 Å². The SMILES string of the molecule is CCCN.O=[PH](O)O. The third-order valence-corrected chi connectivity index (χ3v) is 0.289. The van der Waals surface area contributed by atoms with E-state index in [1.54, 1.807) is 0 Å². The standard InChI is InChI=1S/C3H9N.H3O3P/c1-2-3-4;1-4(2)3/h2-4H2,1H3;4H,(H2,1,2,3). The van der Waals surface area contributed by atoms with E-state index in [0.717, 1.165) is 13.0 Å². The largest absolute Gasteiger partial charge is 0.330 e. The number of rotatable bonds is 1. The molecule has 0 aliphatic heterocycles. The minimum atomic E-state index is -3.13. The van der Waals surface area contributed by atoms with Gasteiger partial charge in [0.15, 0.2) is 0 Å². The van der Waals surface area contributed by atoms with E-state index in [1.807, 2.05) is 0 Å². The van der Waals surface area contributed by atoms with E-state index in [2.05, 4.69) is 6.92 Å². The molecule has 0 radical (unpaired) electrons. The second-order valence-corrected chi connectivity index (χ2v) is 1.64. The second-order valence-electron chi connectivity index (χ2n) is 1.07. The Bertz CT molecular complexity index is 52.5. The van der Waals surface area contributed by atoms with E-state index >= 15 is 0 Å². The molecule has 0 spiro atoms. The molecular formula is C3H12NO3P. The van der Waals surface area contributed by atoms with Gasteiger partial charge in [-0.2, -0.15) is 0 Å². The maximum Gasteiger partial charge on any atom is 0.314 e. The van der Waals surface area contributed by atoms with Crippen LogP contribution in [-0.2, 0) is 4.57 Å². The smallest absolute Gasteiger partial charge is 0.314 e. The maximum atomic E-state index is 8.74. The Hall–Kier alpha value is 0.110. The molecular weight excluding hydrogens is 129 g/mol. The summed E-state index contributed by atoms with van der Waals surface area (Å²) >= 11 is 0. The van der Waals surface area contributed by atoms with Crippen LogP contribution in [0.4, 0.5) is 0 Å². The molecule has 4 N–H and O–H groups in total. The lowest BCUT2D eigenvalue weighted by Gasteiger charge is -1.70. The van der Waals surface area contributed by atoms with Gasteiger partial charge in [0.2, 0.25) is 0 Å². The molecule has 0 atom stereocenters. The average molecular weight is 141 g/mol. The fraction of sp³-hybridized carbons (Fsp3) is 1.00. The Morgan fingerprint density at radius 2 is 1.75 bits per heavy atom. The first-order valence-electron chi connectivity index (χ1n) is 2.27. The summed E-state index contributed by atoms with van der Waals surface area (Å²) in [4.78, 5) is 14.3. The lowest BCUT2D eigenvalue weighted by Crippen LogP contribution is -1.93. The van der Waals surface area contributed by atoms with Crippen molar-refractivity contribution < 1.29 is 14.4 Å². The summed E-state index contributed by atoms with van der Waals surface area (Å²) in [7, 11) is -3.13. The van der Waals surface area contributed by atoms with Crippen molar-refractivity contribution in [1.82, 2.24) is 0 Å². The third-order valence-electron chi connectivity index (χ3n) is 0.289. The van der Waals surface area contributed by atoms with E-state index in [4.69, 9.17) is 20.1 Å². The Morgan fingerprint density at radius 1 is 1.62 bits per heavy atom. The van der Waals surface area contributed by atoms with E-state index in [9.17, 15) is 0 Å². The number of hydrogen-bond acceptors (Lipinski definition) is 2. The zero-order valence-electron chi connectivity index (χ0n) is 4.79. The molecule has 0 fully saturated rings. The van der Waals surface area contributed by atoms with Crippen molar-refractivity contribution in [3.63, 3.8) is 0 Å². The summed E-state index contributed by atoms with van der Waals surface area (Å²) in [5, 5.41) is 0. The predicted octanol–water partition coefficient (Wildman–Crippen LogP) is -0.284. The molecule has 0 aromatic carbocycles. The third kappa shape index (κ3) is 129. The zero-order chi connectivity index (χ0) is 6.99. The highest BCUT2D eigenvalue weighted by molar-refractivity contribution is 7.30. The molecule has 0 unspecified atom stereocenters. The van der Waals surface area contributed by atoms with E-state index < -0.39 is 8.25 Å². The number of nitrogens with two attached hydrogens (primary N) is 1. The fourth-order valence-corrected chi connectivity index (χ4v) is 0. The topological polar surface area (TPSA) is 83.6 Å². The van der Waals surface area contributed by atoms with Crippen LogP contribution >= 0.6 is 8.25 Å². The summed E-state index contributed by atoms with van der Waals surface area (Å²) in [5.74, 6) is 0. The highest BCUT2D eigenvalue weighted by Crippen LogP contribution is 1.98. The molecule has 0 aromatic rings. The average Bonchev–Trinajstić information content (AvgIpc) is 1.65. The van der Waals surface area contributed by atoms with Crippen molar-refractivity contribution in [2.24, 2.45) is 5.73 Å². The molecule has 0 aliphatic carbocycles. The van der Waals surface area contributed by atoms with Crippen LogP contribution in [-0.4, -0.2) is 16.3 Å². The van der Waals surface area contributed by atoms with Gasteiger partial charge in [0.05, 0.1) is 0 Å². The molecule has 0 saturated carbocycles. The van der Waals surface area contributed by atoms with E-state index in [1.165, 1.54) is 0 Å². The van der Waals surface area contributed by atoms with Gasteiger partial charge in [-0.1, -0.05) is 6.92 Å². The first-order chi connectivity index (χ1) is 3.65. The van der Waals surface area contributed by atoms with Gasteiger partial charge in [0.1, 0.15) is 0 Å². The Morgan fingerprint density at radius 3 is 1.75 bits per heavy atom. The molecule has 8 heavy (non-hydrogen) atoms. The van der Waals surface area contributed by atoms with Gasteiger partial charge in [-0.25, -0.2) is 0 Å². The van der Waals surface area contributed by atoms with Crippen LogP contribution in [0.25, 0.3) is 0 Å². The van der Waals surface area contributed by atoms with Gasteiger partial charge >= 0.3 is 8.25 Å². The molecule has 0 rings (SSSR count). The van der Waals surface area contributed by atoms with Crippen LogP contribution in [0, 0.1) is 0 Å². The molecule has 0 aliphatic rings. The first kappa shape index (κ1) is 11.0. The maximum absolute atomic E-state index is 8.74. The lowest BCUT2D eigenvalue weighted by molar-refractivity contribution is 0.405. The Kier molecular flexibility index (Phi) is 14.0. The van der Waals surface area contributed by atoms with Crippen LogP contribution in [0.15, 0.2) is 0 Å². The van der Waals surface area contributed by atoms with Crippen molar-refractivity contribution >= 4 is 8.25 Å². The molecule has 5 heteroatoms. The predicted molar refractivity (Wildman–Crippen MR) is 32.8 cm³/mol. The zero-order valence-corrected chi connectivity index (χ0v) is 5.79. The summed E-state index contributed by atoms with van der Waals surface area (Å²) < 4.78 is 8.74. The van der Waals surface area contributed by atoms with Gasteiger partial charge in [-0.15, -0.1) is 0 Å². The van der Waals surface area contributed by atoms with Crippen LogP contribution in [0.5, 0.6) is 0 Å². The van der Waals surface area contributed by atoms with Gasteiger partial charge in [-0.05, 0) is 13.0 Å². The van der Waals surface area contributed by atoms with Crippen molar-refractivity contribution in [1.29, 1.82) is 0 Å². The van der Waals surface area contributed by atoms with Crippen LogP contribution in [0.1, 0.15) is 13.3 Å². The van der Waals surface area contributed by atoms with E-state index in [-0.39, 0.29) is 0 Å². The molecule has 0 aromatic heterocycles. The minimum Gasteiger partial charge on any atom is -0.330 e.